The van der Waals surface area contributed by atoms with Crippen molar-refractivity contribution < 1.29 is 0 Å². The molecule has 0 saturated carbocycles. The fourth-order valence-corrected chi connectivity index (χ4v) is 3.55. The number of anilines is 2. The molecule has 116 valence electrons. The quantitative estimate of drug-likeness (QED) is 0.542. The van der Waals surface area contributed by atoms with Crippen LogP contribution < -0.4 is 11.5 Å². The maximum absolute atomic E-state index is 5.68. The highest BCUT2D eigenvalue weighted by atomic mass is 32.2. The Morgan fingerprint density at radius 3 is 2.35 bits per heavy atom. The highest BCUT2D eigenvalue weighted by Gasteiger charge is 2.05. The lowest BCUT2D eigenvalue weighted by atomic mass is 10.4. The number of pyridine rings is 1. The summed E-state index contributed by atoms with van der Waals surface area (Å²) in [6, 6.07) is 15.9. The van der Waals surface area contributed by atoms with Crippen molar-refractivity contribution in [1.29, 1.82) is 0 Å². The maximum atomic E-state index is 5.68. The smallest absolute Gasteiger partial charge is 0.191 e. The van der Waals surface area contributed by atoms with E-state index in [1.165, 1.54) is 16.7 Å². The molecule has 3 aromatic rings. The number of benzene rings is 1. The van der Waals surface area contributed by atoms with Crippen LogP contribution in [0.3, 0.4) is 0 Å². The van der Waals surface area contributed by atoms with Crippen molar-refractivity contribution in [2.45, 2.75) is 20.7 Å². The first-order chi connectivity index (χ1) is 11.2. The number of thioether (sulfide) groups is 1. The number of nitrogens with zero attached hydrogens (tertiary/aromatic N) is 3. The number of nitrogens with two attached hydrogens (primary N) is 2. The zero-order valence-electron chi connectivity index (χ0n) is 12.2. The first kappa shape index (κ1) is 15.6. The average molecular weight is 341 g/mol. The van der Waals surface area contributed by atoms with Crippen LogP contribution in [-0.4, -0.2) is 15.0 Å². The van der Waals surface area contributed by atoms with Crippen LogP contribution in [0.25, 0.3) is 0 Å². The zero-order chi connectivity index (χ0) is 16.1. The van der Waals surface area contributed by atoms with E-state index in [9.17, 15) is 0 Å². The van der Waals surface area contributed by atoms with E-state index in [0.29, 0.717) is 22.5 Å². The molecule has 0 aliphatic rings. The molecule has 4 N–H and O–H groups in total. The molecular formula is C16H15N5S2. The largest absolute Gasteiger partial charge is 0.383 e. The van der Waals surface area contributed by atoms with E-state index in [4.69, 9.17) is 11.5 Å². The molecule has 1 aromatic carbocycles. The predicted molar refractivity (Wildman–Crippen MR) is 95.2 cm³/mol. The summed E-state index contributed by atoms with van der Waals surface area (Å²) in [5, 5.41) is 0.561. The van der Waals surface area contributed by atoms with Gasteiger partial charge in [-0.3, -0.25) is 4.98 Å². The summed E-state index contributed by atoms with van der Waals surface area (Å²) in [6.45, 7) is 0. The van der Waals surface area contributed by atoms with Crippen molar-refractivity contribution in [3.05, 3.63) is 60.4 Å². The fraction of sp³-hybridized carbons (Fsp3) is 0.0625. The fourth-order valence-electron chi connectivity index (χ4n) is 1.89. The van der Waals surface area contributed by atoms with Gasteiger partial charge in [-0.25, -0.2) is 9.97 Å². The Morgan fingerprint density at radius 2 is 1.61 bits per heavy atom. The van der Waals surface area contributed by atoms with Gasteiger partial charge >= 0.3 is 0 Å². The molecule has 3 rings (SSSR count). The van der Waals surface area contributed by atoms with Crippen molar-refractivity contribution in [3.63, 3.8) is 0 Å². The summed E-state index contributed by atoms with van der Waals surface area (Å²) in [5.41, 5.74) is 12.3. The average Bonchev–Trinajstić information content (AvgIpc) is 2.53. The summed E-state index contributed by atoms with van der Waals surface area (Å²) >= 11 is 3.17. The molecule has 0 atom stereocenters. The van der Waals surface area contributed by atoms with E-state index in [-0.39, 0.29) is 0 Å². The Hall–Kier alpha value is -2.25. The van der Waals surface area contributed by atoms with E-state index in [2.05, 4.69) is 33.2 Å². The van der Waals surface area contributed by atoms with Gasteiger partial charge in [0.1, 0.15) is 11.6 Å². The number of aromatic nitrogens is 3. The van der Waals surface area contributed by atoms with Crippen LogP contribution in [0.1, 0.15) is 5.69 Å². The van der Waals surface area contributed by atoms with Crippen molar-refractivity contribution in [1.82, 2.24) is 15.0 Å². The SMILES string of the molecule is Nc1cc(N)nc(SCc2cc(Sc3ccccc3)ccn2)n1. The molecule has 0 saturated heterocycles. The molecule has 23 heavy (non-hydrogen) atoms. The third-order valence-corrected chi connectivity index (χ3v) is 4.74. The third-order valence-electron chi connectivity index (χ3n) is 2.86. The Morgan fingerprint density at radius 1 is 0.870 bits per heavy atom. The lowest BCUT2D eigenvalue weighted by Gasteiger charge is -2.05. The van der Waals surface area contributed by atoms with Crippen LogP contribution in [0.5, 0.6) is 0 Å². The van der Waals surface area contributed by atoms with E-state index in [1.807, 2.05) is 30.5 Å². The minimum Gasteiger partial charge on any atom is -0.383 e. The standard InChI is InChI=1S/C16H15N5S2/c17-14-9-15(18)21-16(20-14)22-10-11-8-13(6-7-19-11)23-12-4-2-1-3-5-12/h1-9H,10H2,(H4,17,18,20,21). The molecule has 0 bridgehead atoms. The number of nitrogen functional groups attached to an aromatic ring is 2. The van der Waals surface area contributed by atoms with Crippen molar-refractivity contribution in [2.24, 2.45) is 0 Å². The molecule has 0 radical (unpaired) electrons. The molecule has 2 heterocycles. The van der Waals surface area contributed by atoms with Gasteiger partial charge in [0.15, 0.2) is 5.16 Å². The Balaban J connectivity index is 1.68. The summed E-state index contributed by atoms with van der Waals surface area (Å²) in [6.07, 6.45) is 1.82. The van der Waals surface area contributed by atoms with Crippen LogP contribution in [0, 0.1) is 0 Å². The van der Waals surface area contributed by atoms with Gasteiger partial charge in [-0.2, -0.15) is 0 Å². The highest BCUT2D eigenvalue weighted by Crippen LogP contribution is 2.28. The lowest BCUT2D eigenvalue weighted by Crippen LogP contribution is -1.99. The number of hydrogen-bond acceptors (Lipinski definition) is 7. The molecule has 0 aliphatic heterocycles. The van der Waals surface area contributed by atoms with Crippen molar-refractivity contribution >= 4 is 35.2 Å². The Labute approximate surface area is 142 Å². The maximum Gasteiger partial charge on any atom is 0.191 e. The second kappa shape index (κ2) is 7.34. The molecule has 0 fully saturated rings. The molecule has 0 amide bonds. The minimum absolute atomic E-state index is 0.376. The molecule has 0 unspecified atom stereocenters. The monoisotopic (exact) mass is 341 g/mol. The first-order valence-corrected chi connectivity index (χ1v) is 8.70. The first-order valence-electron chi connectivity index (χ1n) is 6.90. The summed E-state index contributed by atoms with van der Waals surface area (Å²) < 4.78 is 0. The van der Waals surface area contributed by atoms with Gasteiger partial charge < -0.3 is 11.5 Å². The van der Waals surface area contributed by atoms with Crippen LogP contribution in [0.4, 0.5) is 11.6 Å². The third kappa shape index (κ3) is 4.61. The van der Waals surface area contributed by atoms with E-state index in [0.717, 1.165) is 10.6 Å². The molecule has 0 aliphatic carbocycles. The topological polar surface area (TPSA) is 90.7 Å². The zero-order valence-corrected chi connectivity index (χ0v) is 13.8. The van der Waals surface area contributed by atoms with Gasteiger partial charge in [-0.1, -0.05) is 41.7 Å². The molecule has 5 nitrogen and oxygen atoms in total. The molecule has 2 aromatic heterocycles. The van der Waals surface area contributed by atoms with Crippen LogP contribution in [0.15, 0.2) is 69.7 Å². The summed E-state index contributed by atoms with van der Waals surface area (Å²) in [5.74, 6) is 1.41. The van der Waals surface area contributed by atoms with E-state index in [1.54, 1.807) is 17.8 Å². The van der Waals surface area contributed by atoms with Gasteiger partial charge in [0.2, 0.25) is 0 Å². The van der Waals surface area contributed by atoms with E-state index >= 15 is 0 Å². The highest BCUT2D eigenvalue weighted by molar-refractivity contribution is 7.99. The van der Waals surface area contributed by atoms with E-state index < -0.39 is 0 Å². The second-order valence-corrected chi connectivity index (χ2v) is 6.78. The molecule has 7 heteroatoms. The minimum atomic E-state index is 0.376. The molecular weight excluding hydrogens is 326 g/mol. The lowest BCUT2D eigenvalue weighted by molar-refractivity contribution is 0.981. The van der Waals surface area contributed by atoms with Crippen LogP contribution in [-0.2, 0) is 5.75 Å². The molecule has 0 spiro atoms. The number of hydrogen-bond donors (Lipinski definition) is 2. The van der Waals surface area contributed by atoms with Crippen LogP contribution in [0.2, 0.25) is 0 Å². The van der Waals surface area contributed by atoms with Crippen LogP contribution >= 0.6 is 23.5 Å². The van der Waals surface area contributed by atoms with Gasteiger partial charge in [-0.05, 0) is 24.3 Å². The van der Waals surface area contributed by atoms with Crippen molar-refractivity contribution in [2.75, 3.05) is 11.5 Å². The predicted octanol–water partition coefficient (Wildman–Crippen LogP) is 3.48. The van der Waals surface area contributed by atoms with Gasteiger partial charge in [-0.15, -0.1) is 0 Å². The Bertz CT molecular complexity index is 775. The summed E-state index contributed by atoms with van der Waals surface area (Å²) in [4.78, 5) is 15.0. The number of rotatable bonds is 5. The normalized spacial score (nSPS) is 10.6. The Kier molecular flexibility index (Phi) is 4.99. The van der Waals surface area contributed by atoms with Gasteiger partial charge in [0, 0.05) is 27.8 Å². The van der Waals surface area contributed by atoms with Gasteiger partial charge in [0.25, 0.3) is 0 Å². The second-order valence-electron chi connectivity index (χ2n) is 4.69. The van der Waals surface area contributed by atoms with Crippen molar-refractivity contribution in [3.8, 4) is 0 Å². The summed E-state index contributed by atoms with van der Waals surface area (Å²) in [7, 11) is 0. The van der Waals surface area contributed by atoms with Gasteiger partial charge in [0.05, 0.1) is 5.69 Å².